The number of hydrogen-bond donors (Lipinski definition) is 0. The van der Waals surface area contributed by atoms with Crippen LogP contribution in [0.2, 0.25) is 0 Å². The van der Waals surface area contributed by atoms with Crippen LogP contribution < -0.4 is 4.90 Å². The molecule has 1 aromatic rings. The van der Waals surface area contributed by atoms with E-state index in [0.29, 0.717) is 17.8 Å². The molecule has 0 aliphatic carbocycles. The zero-order valence-corrected chi connectivity index (χ0v) is 10.3. The SMILES string of the molecule is CCCN(C(C)=O)c1cncc(C(=O)OC)c1. The van der Waals surface area contributed by atoms with Crippen LogP contribution in [0.1, 0.15) is 30.6 Å². The second-order valence-electron chi connectivity index (χ2n) is 3.59. The van der Waals surface area contributed by atoms with Crippen LogP contribution >= 0.6 is 0 Å². The van der Waals surface area contributed by atoms with Crippen molar-refractivity contribution in [3.05, 3.63) is 24.0 Å². The first-order valence-electron chi connectivity index (χ1n) is 5.41. The first kappa shape index (κ1) is 13.2. The van der Waals surface area contributed by atoms with Crippen molar-refractivity contribution in [3.63, 3.8) is 0 Å². The molecule has 17 heavy (non-hydrogen) atoms. The van der Waals surface area contributed by atoms with Gasteiger partial charge in [0.1, 0.15) is 0 Å². The lowest BCUT2D eigenvalue weighted by atomic mass is 10.2. The summed E-state index contributed by atoms with van der Waals surface area (Å²) in [6.45, 7) is 4.07. The first-order chi connectivity index (χ1) is 8.10. The fourth-order valence-electron chi connectivity index (χ4n) is 1.50. The number of aromatic nitrogens is 1. The maximum Gasteiger partial charge on any atom is 0.339 e. The molecule has 0 aliphatic heterocycles. The van der Waals surface area contributed by atoms with Gasteiger partial charge in [-0.05, 0) is 12.5 Å². The minimum absolute atomic E-state index is 0.0735. The van der Waals surface area contributed by atoms with Crippen molar-refractivity contribution in [2.75, 3.05) is 18.6 Å². The fourth-order valence-corrected chi connectivity index (χ4v) is 1.50. The number of amides is 1. The van der Waals surface area contributed by atoms with Crippen molar-refractivity contribution < 1.29 is 14.3 Å². The fraction of sp³-hybridized carbons (Fsp3) is 0.417. The standard InChI is InChI=1S/C12H16N2O3/c1-4-5-14(9(2)15)11-6-10(7-13-8-11)12(16)17-3/h6-8H,4-5H2,1-3H3. The molecule has 0 spiro atoms. The van der Waals surface area contributed by atoms with Crippen LogP contribution in [0.3, 0.4) is 0 Å². The summed E-state index contributed by atoms with van der Waals surface area (Å²) in [6.07, 6.45) is 3.81. The van der Waals surface area contributed by atoms with Gasteiger partial charge in [0.25, 0.3) is 0 Å². The number of pyridine rings is 1. The molecule has 0 aromatic carbocycles. The summed E-state index contributed by atoms with van der Waals surface area (Å²) in [6, 6.07) is 1.61. The molecular formula is C12H16N2O3. The topological polar surface area (TPSA) is 59.5 Å². The van der Waals surface area contributed by atoms with E-state index in [-0.39, 0.29) is 5.91 Å². The van der Waals surface area contributed by atoms with Gasteiger partial charge in [0, 0.05) is 19.7 Å². The van der Waals surface area contributed by atoms with Gasteiger partial charge in [0.2, 0.25) is 5.91 Å². The third-order valence-electron chi connectivity index (χ3n) is 2.28. The lowest BCUT2D eigenvalue weighted by molar-refractivity contribution is -0.116. The molecule has 0 radical (unpaired) electrons. The molecule has 1 amide bonds. The van der Waals surface area contributed by atoms with E-state index in [1.54, 1.807) is 17.2 Å². The number of carbonyl (C=O) groups excluding carboxylic acids is 2. The number of carbonyl (C=O) groups is 2. The minimum atomic E-state index is -0.459. The Morgan fingerprint density at radius 1 is 1.41 bits per heavy atom. The Morgan fingerprint density at radius 2 is 2.12 bits per heavy atom. The zero-order valence-electron chi connectivity index (χ0n) is 10.3. The Kier molecular flexibility index (Phi) is 4.63. The zero-order chi connectivity index (χ0) is 12.8. The predicted octanol–water partition coefficient (Wildman–Crippen LogP) is 1.63. The largest absolute Gasteiger partial charge is 0.465 e. The third-order valence-corrected chi connectivity index (χ3v) is 2.28. The van der Waals surface area contributed by atoms with Crippen LogP contribution in [0.5, 0.6) is 0 Å². The molecule has 1 aromatic heterocycles. The van der Waals surface area contributed by atoms with E-state index in [1.807, 2.05) is 6.92 Å². The normalized spacial score (nSPS) is 9.82. The highest BCUT2D eigenvalue weighted by molar-refractivity contribution is 5.94. The van der Waals surface area contributed by atoms with Crippen molar-refractivity contribution in [1.29, 1.82) is 0 Å². The van der Waals surface area contributed by atoms with Gasteiger partial charge in [-0.1, -0.05) is 6.92 Å². The monoisotopic (exact) mass is 236 g/mol. The smallest absolute Gasteiger partial charge is 0.339 e. The van der Waals surface area contributed by atoms with Gasteiger partial charge in [-0.15, -0.1) is 0 Å². The molecule has 1 rings (SSSR count). The number of methoxy groups -OCH3 is 1. The first-order valence-corrected chi connectivity index (χ1v) is 5.41. The van der Waals surface area contributed by atoms with Crippen molar-refractivity contribution in [3.8, 4) is 0 Å². The van der Waals surface area contributed by atoms with Crippen LogP contribution in [0, 0.1) is 0 Å². The van der Waals surface area contributed by atoms with Gasteiger partial charge in [-0.25, -0.2) is 4.79 Å². The second kappa shape index (κ2) is 5.98. The molecule has 0 bridgehead atoms. The highest BCUT2D eigenvalue weighted by Gasteiger charge is 2.13. The van der Waals surface area contributed by atoms with Crippen molar-refractivity contribution in [2.24, 2.45) is 0 Å². The van der Waals surface area contributed by atoms with Gasteiger partial charge in [0.15, 0.2) is 0 Å². The molecule has 5 heteroatoms. The molecule has 1 heterocycles. The van der Waals surface area contributed by atoms with Crippen molar-refractivity contribution in [1.82, 2.24) is 4.98 Å². The van der Waals surface area contributed by atoms with E-state index in [0.717, 1.165) is 6.42 Å². The Morgan fingerprint density at radius 3 is 2.65 bits per heavy atom. The Bertz CT molecular complexity index is 418. The number of esters is 1. The Labute approximate surface area is 100 Å². The minimum Gasteiger partial charge on any atom is -0.465 e. The van der Waals surface area contributed by atoms with Crippen LogP contribution in [0.4, 0.5) is 5.69 Å². The third kappa shape index (κ3) is 3.27. The van der Waals surface area contributed by atoms with E-state index >= 15 is 0 Å². The highest BCUT2D eigenvalue weighted by Crippen LogP contribution is 2.15. The summed E-state index contributed by atoms with van der Waals surface area (Å²) >= 11 is 0. The molecule has 5 nitrogen and oxygen atoms in total. The number of ether oxygens (including phenoxy) is 1. The van der Waals surface area contributed by atoms with Crippen LogP contribution in [-0.2, 0) is 9.53 Å². The number of nitrogens with zero attached hydrogens (tertiary/aromatic N) is 2. The summed E-state index contributed by atoms with van der Waals surface area (Å²) in [5, 5.41) is 0. The van der Waals surface area contributed by atoms with E-state index in [2.05, 4.69) is 9.72 Å². The summed E-state index contributed by atoms with van der Waals surface area (Å²) < 4.78 is 4.61. The molecular weight excluding hydrogens is 220 g/mol. The molecule has 0 unspecified atom stereocenters. The number of anilines is 1. The molecule has 0 fully saturated rings. The van der Waals surface area contributed by atoms with Gasteiger partial charge < -0.3 is 9.64 Å². The molecule has 0 aliphatic rings. The van der Waals surface area contributed by atoms with Crippen molar-refractivity contribution >= 4 is 17.6 Å². The summed E-state index contributed by atoms with van der Waals surface area (Å²) in [7, 11) is 1.31. The molecule has 0 saturated carbocycles. The van der Waals surface area contributed by atoms with Gasteiger partial charge >= 0.3 is 5.97 Å². The van der Waals surface area contributed by atoms with Gasteiger partial charge in [0.05, 0.1) is 24.6 Å². The van der Waals surface area contributed by atoms with E-state index < -0.39 is 5.97 Å². The van der Waals surface area contributed by atoms with E-state index in [9.17, 15) is 9.59 Å². The molecule has 92 valence electrons. The summed E-state index contributed by atoms with van der Waals surface area (Å²) in [5.41, 5.74) is 0.953. The number of rotatable bonds is 4. The summed E-state index contributed by atoms with van der Waals surface area (Å²) in [4.78, 5) is 28.3. The van der Waals surface area contributed by atoms with Crippen LogP contribution in [0.15, 0.2) is 18.5 Å². The van der Waals surface area contributed by atoms with E-state index in [4.69, 9.17) is 0 Å². The van der Waals surface area contributed by atoms with Crippen LogP contribution in [0.25, 0.3) is 0 Å². The Hall–Kier alpha value is -1.91. The number of hydrogen-bond acceptors (Lipinski definition) is 4. The van der Waals surface area contributed by atoms with Crippen molar-refractivity contribution in [2.45, 2.75) is 20.3 Å². The highest BCUT2D eigenvalue weighted by atomic mass is 16.5. The average molecular weight is 236 g/mol. The van der Waals surface area contributed by atoms with Crippen LogP contribution in [-0.4, -0.2) is 30.5 Å². The van der Waals surface area contributed by atoms with Gasteiger partial charge in [-0.2, -0.15) is 0 Å². The van der Waals surface area contributed by atoms with E-state index in [1.165, 1.54) is 20.2 Å². The predicted molar refractivity (Wildman–Crippen MR) is 63.9 cm³/mol. The average Bonchev–Trinajstić information content (AvgIpc) is 2.34. The maximum atomic E-state index is 11.5. The Balaban J connectivity index is 3.03. The molecule has 0 atom stereocenters. The summed E-state index contributed by atoms with van der Waals surface area (Å²) in [5.74, 6) is -0.532. The lowest BCUT2D eigenvalue weighted by Gasteiger charge is -2.20. The quantitative estimate of drug-likeness (QED) is 0.745. The molecule has 0 saturated heterocycles. The lowest BCUT2D eigenvalue weighted by Crippen LogP contribution is -2.29. The molecule has 0 N–H and O–H groups in total. The second-order valence-corrected chi connectivity index (χ2v) is 3.59. The van der Waals surface area contributed by atoms with Gasteiger partial charge in [-0.3, -0.25) is 9.78 Å². The maximum absolute atomic E-state index is 11.5.